The fraction of sp³-hybridized carbons (Fsp3) is 0.160. The minimum absolute atomic E-state index is 0.105. The molecule has 2 aromatic heterocycles. The standard InChI is InChI=1S/C25H21FN4O3/c1-15-11-27-25(33-15)19-8-18-5-4-17(20-12-28-29-13-20)9-22(18)30(24(31)10-19)14-16-3-6-23(32-2)21(26)7-16/h3-9,11-13H,10,14H2,1-2H3,(H,28,29). The molecule has 7 nitrogen and oxygen atoms in total. The third kappa shape index (κ3) is 4.03. The van der Waals surface area contributed by atoms with Gasteiger partial charge in [-0.3, -0.25) is 9.89 Å². The number of anilines is 1. The maximum atomic E-state index is 14.3. The van der Waals surface area contributed by atoms with E-state index in [0.717, 1.165) is 16.7 Å². The fourth-order valence-corrected chi connectivity index (χ4v) is 3.92. The van der Waals surface area contributed by atoms with Gasteiger partial charge in [-0.1, -0.05) is 18.2 Å². The maximum Gasteiger partial charge on any atom is 0.231 e. The second-order valence-electron chi connectivity index (χ2n) is 7.83. The Balaban J connectivity index is 1.59. The summed E-state index contributed by atoms with van der Waals surface area (Å²) in [5, 5.41) is 6.83. The highest BCUT2D eigenvalue weighted by Crippen LogP contribution is 2.36. The number of carbonyl (C=O) groups is 1. The van der Waals surface area contributed by atoms with Crippen molar-refractivity contribution < 1.29 is 18.3 Å². The average molecular weight is 444 g/mol. The third-order valence-corrected chi connectivity index (χ3v) is 5.58. The second kappa shape index (κ2) is 8.38. The monoisotopic (exact) mass is 444 g/mol. The first kappa shape index (κ1) is 20.7. The van der Waals surface area contributed by atoms with Crippen molar-refractivity contribution in [3.05, 3.63) is 83.6 Å². The zero-order chi connectivity index (χ0) is 22.9. The minimum Gasteiger partial charge on any atom is -0.494 e. The Morgan fingerprint density at radius 3 is 2.76 bits per heavy atom. The van der Waals surface area contributed by atoms with Gasteiger partial charge in [0.15, 0.2) is 11.6 Å². The van der Waals surface area contributed by atoms with Gasteiger partial charge in [-0.05, 0) is 47.9 Å². The molecule has 166 valence electrons. The Labute approximate surface area is 189 Å². The summed E-state index contributed by atoms with van der Waals surface area (Å²) in [4.78, 5) is 19.4. The molecular weight excluding hydrogens is 423 g/mol. The molecule has 5 rings (SSSR count). The number of aromatic amines is 1. The summed E-state index contributed by atoms with van der Waals surface area (Å²) in [6, 6.07) is 10.6. The lowest BCUT2D eigenvalue weighted by atomic mass is 10.0. The molecule has 8 heteroatoms. The van der Waals surface area contributed by atoms with E-state index in [2.05, 4.69) is 15.2 Å². The Morgan fingerprint density at radius 1 is 1.18 bits per heavy atom. The molecule has 4 aromatic rings. The predicted octanol–water partition coefficient (Wildman–Crippen LogP) is 5.00. The molecular formula is C25H21FN4O3. The zero-order valence-corrected chi connectivity index (χ0v) is 18.1. The molecule has 0 saturated heterocycles. The topological polar surface area (TPSA) is 84.2 Å². The van der Waals surface area contributed by atoms with E-state index in [9.17, 15) is 9.18 Å². The minimum atomic E-state index is -0.473. The molecule has 0 saturated carbocycles. The first-order valence-electron chi connectivity index (χ1n) is 10.4. The SMILES string of the molecule is COc1ccc(CN2C(=O)CC(c3ncc(C)o3)=Cc3ccc(-c4cn[nH]c4)cc32)cc1F. The van der Waals surface area contributed by atoms with E-state index in [0.29, 0.717) is 28.5 Å². The second-order valence-corrected chi connectivity index (χ2v) is 7.83. The van der Waals surface area contributed by atoms with Gasteiger partial charge in [-0.25, -0.2) is 9.37 Å². The highest BCUT2D eigenvalue weighted by atomic mass is 19.1. The van der Waals surface area contributed by atoms with Gasteiger partial charge in [0, 0.05) is 17.3 Å². The molecule has 33 heavy (non-hydrogen) atoms. The molecule has 0 unspecified atom stereocenters. The van der Waals surface area contributed by atoms with Crippen LogP contribution in [0.25, 0.3) is 22.8 Å². The van der Waals surface area contributed by atoms with E-state index in [1.165, 1.54) is 13.2 Å². The number of aromatic nitrogens is 3. The number of ether oxygens (including phenoxy) is 1. The molecule has 1 N–H and O–H groups in total. The van der Waals surface area contributed by atoms with Gasteiger partial charge in [0.1, 0.15) is 5.76 Å². The first-order valence-corrected chi connectivity index (χ1v) is 10.4. The lowest BCUT2D eigenvalue weighted by molar-refractivity contribution is -0.117. The molecule has 2 aromatic carbocycles. The van der Waals surface area contributed by atoms with Gasteiger partial charge < -0.3 is 14.1 Å². The number of nitrogens with zero attached hydrogens (tertiary/aromatic N) is 3. The normalized spacial score (nSPS) is 13.5. The molecule has 0 aliphatic carbocycles. The number of fused-ring (bicyclic) bond motifs is 1. The number of benzene rings is 2. The largest absolute Gasteiger partial charge is 0.494 e. The van der Waals surface area contributed by atoms with Crippen molar-refractivity contribution in [2.75, 3.05) is 12.0 Å². The number of hydrogen-bond donors (Lipinski definition) is 1. The van der Waals surface area contributed by atoms with E-state index in [1.807, 2.05) is 31.2 Å². The van der Waals surface area contributed by atoms with E-state index in [4.69, 9.17) is 9.15 Å². The van der Waals surface area contributed by atoms with E-state index < -0.39 is 5.82 Å². The Kier molecular flexibility index (Phi) is 5.26. The molecule has 1 aliphatic heterocycles. The van der Waals surface area contributed by atoms with Gasteiger partial charge in [0.2, 0.25) is 11.8 Å². The van der Waals surface area contributed by atoms with Crippen molar-refractivity contribution in [2.24, 2.45) is 0 Å². The van der Waals surface area contributed by atoms with Crippen LogP contribution in [0, 0.1) is 12.7 Å². The van der Waals surface area contributed by atoms with Crippen LogP contribution in [0.2, 0.25) is 0 Å². The molecule has 0 bridgehead atoms. The van der Waals surface area contributed by atoms with Gasteiger partial charge in [0.25, 0.3) is 0 Å². The van der Waals surface area contributed by atoms with Gasteiger partial charge in [-0.2, -0.15) is 5.10 Å². The van der Waals surface area contributed by atoms with E-state index in [-0.39, 0.29) is 24.6 Å². The van der Waals surface area contributed by atoms with Crippen molar-refractivity contribution in [3.8, 4) is 16.9 Å². The number of H-pyrrole nitrogens is 1. The van der Waals surface area contributed by atoms with Gasteiger partial charge in [-0.15, -0.1) is 0 Å². The van der Waals surface area contributed by atoms with Crippen LogP contribution in [-0.2, 0) is 11.3 Å². The highest BCUT2D eigenvalue weighted by molar-refractivity contribution is 6.06. The van der Waals surface area contributed by atoms with Crippen LogP contribution in [0.3, 0.4) is 0 Å². The Morgan fingerprint density at radius 2 is 2.06 bits per heavy atom. The van der Waals surface area contributed by atoms with Crippen LogP contribution in [0.4, 0.5) is 10.1 Å². The average Bonchev–Trinajstić information content (AvgIpc) is 3.47. The summed E-state index contributed by atoms with van der Waals surface area (Å²) >= 11 is 0. The van der Waals surface area contributed by atoms with E-state index in [1.54, 1.807) is 35.6 Å². The molecule has 1 amide bonds. The van der Waals surface area contributed by atoms with Crippen LogP contribution < -0.4 is 9.64 Å². The quantitative estimate of drug-likeness (QED) is 0.468. The van der Waals surface area contributed by atoms with Crippen molar-refractivity contribution in [1.29, 1.82) is 0 Å². The van der Waals surface area contributed by atoms with E-state index >= 15 is 0 Å². The zero-order valence-electron chi connectivity index (χ0n) is 18.1. The van der Waals surface area contributed by atoms with Crippen LogP contribution >= 0.6 is 0 Å². The molecule has 0 atom stereocenters. The number of aryl methyl sites for hydroxylation is 1. The number of rotatable bonds is 5. The number of carbonyl (C=O) groups excluding carboxylic acids is 1. The van der Waals surface area contributed by atoms with Crippen molar-refractivity contribution >= 4 is 23.2 Å². The number of nitrogens with one attached hydrogen (secondary N) is 1. The summed E-state index contributed by atoms with van der Waals surface area (Å²) in [6.45, 7) is 2.01. The Hall–Kier alpha value is -4.20. The highest BCUT2D eigenvalue weighted by Gasteiger charge is 2.26. The molecule has 3 heterocycles. The summed E-state index contributed by atoms with van der Waals surface area (Å²) in [5.41, 5.74) is 4.70. The maximum absolute atomic E-state index is 14.3. The predicted molar refractivity (Wildman–Crippen MR) is 122 cm³/mol. The third-order valence-electron chi connectivity index (χ3n) is 5.58. The summed E-state index contributed by atoms with van der Waals surface area (Å²) in [5.74, 6) is 0.633. The first-order chi connectivity index (χ1) is 16.0. The van der Waals surface area contributed by atoms with Crippen LogP contribution in [0.5, 0.6) is 5.75 Å². The van der Waals surface area contributed by atoms with Crippen LogP contribution in [0.1, 0.15) is 29.2 Å². The van der Waals surface area contributed by atoms with Crippen molar-refractivity contribution in [3.63, 3.8) is 0 Å². The van der Waals surface area contributed by atoms with Crippen LogP contribution in [-0.4, -0.2) is 28.2 Å². The molecule has 0 fully saturated rings. The number of amides is 1. The number of halogens is 1. The summed E-state index contributed by atoms with van der Waals surface area (Å²) < 4.78 is 25.1. The summed E-state index contributed by atoms with van der Waals surface area (Å²) in [6.07, 6.45) is 7.17. The van der Waals surface area contributed by atoms with Gasteiger partial charge in [0.05, 0.1) is 38.2 Å². The lowest BCUT2D eigenvalue weighted by Gasteiger charge is -2.24. The smallest absolute Gasteiger partial charge is 0.231 e. The number of hydrogen-bond acceptors (Lipinski definition) is 5. The number of methoxy groups -OCH3 is 1. The summed E-state index contributed by atoms with van der Waals surface area (Å²) in [7, 11) is 1.42. The van der Waals surface area contributed by atoms with Crippen molar-refractivity contribution in [2.45, 2.75) is 19.9 Å². The lowest BCUT2D eigenvalue weighted by Crippen LogP contribution is -2.30. The van der Waals surface area contributed by atoms with Crippen LogP contribution in [0.15, 0.2) is 59.4 Å². The molecule has 0 spiro atoms. The molecule has 1 aliphatic rings. The van der Waals surface area contributed by atoms with Gasteiger partial charge >= 0.3 is 0 Å². The Bertz CT molecular complexity index is 1360. The molecule has 0 radical (unpaired) electrons. The fourth-order valence-electron chi connectivity index (χ4n) is 3.92. The van der Waals surface area contributed by atoms with Crippen molar-refractivity contribution in [1.82, 2.24) is 15.2 Å². The number of oxazole rings is 1.